The van der Waals surface area contributed by atoms with Gasteiger partial charge in [-0.2, -0.15) is 0 Å². The van der Waals surface area contributed by atoms with Crippen LogP contribution in [-0.2, 0) is 9.59 Å². The summed E-state index contributed by atoms with van der Waals surface area (Å²) < 4.78 is 8.41. The van der Waals surface area contributed by atoms with Crippen molar-refractivity contribution in [2.24, 2.45) is 0 Å². The van der Waals surface area contributed by atoms with Crippen molar-refractivity contribution in [2.45, 2.75) is 52.7 Å². The summed E-state index contributed by atoms with van der Waals surface area (Å²) in [5.74, 6) is 0.754. The average Bonchev–Trinajstić information content (AvgIpc) is 2.82. The molecule has 35 heavy (non-hydrogen) atoms. The van der Waals surface area contributed by atoms with Crippen LogP contribution in [-0.4, -0.2) is 64.7 Å². The number of carbonyl (C=O) groups excluding carboxylic acids is 2. The Morgan fingerprint density at radius 3 is 2.14 bits per heavy atom. The van der Waals surface area contributed by atoms with Crippen molar-refractivity contribution < 1.29 is 14.3 Å². The largest absolute Gasteiger partial charge is 0.482 e. The summed E-state index contributed by atoms with van der Waals surface area (Å²) in [6, 6.07) is 7.67. The van der Waals surface area contributed by atoms with E-state index in [0.717, 1.165) is 0 Å². The molecule has 4 rings (SSSR count). The molecule has 2 aliphatic rings. The van der Waals surface area contributed by atoms with Crippen LogP contribution in [0.25, 0.3) is 0 Å². The Labute approximate surface area is 204 Å². The zero-order valence-electron chi connectivity index (χ0n) is 20.9. The van der Waals surface area contributed by atoms with E-state index in [1.165, 1.54) is 15.5 Å². The van der Waals surface area contributed by atoms with Crippen molar-refractivity contribution >= 4 is 23.3 Å². The molecule has 0 bridgehead atoms. The number of para-hydroxylation sites is 2. The number of anilines is 2. The van der Waals surface area contributed by atoms with Crippen LogP contribution in [0.5, 0.6) is 5.75 Å². The van der Waals surface area contributed by atoms with Gasteiger partial charge in [0, 0.05) is 44.3 Å². The van der Waals surface area contributed by atoms with Gasteiger partial charge in [0.2, 0.25) is 5.91 Å². The Hall–Kier alpha value is -3.56. The molecule has 2 aliphatic heterocycles. The average molecular weight is 484 g/mol. The Bertz CT molecular complexity index is 1240. The van der Waals surface area contributed by atoms with E-state index in [-0.39, 0.29) is 41.8 Å². The summed E-state index contributed by atoms with van der Waals surface area (Å²) in [5, 5.41) is 0. The van der Waals surface area contributed by atoms with Crippen molar-refractivity contribution in [1.29, 1.82) is 0 Å². The number of aromatic nitrogens is 2. The lowest BCUT2D eigenvalue weighted by Crippen LogP contribution is -2.57. The lowest BCUT2D eigenvalue weighted by molar-refractivity contribution is -0.135. The van der Waals surface area contributed by atoms with Crippen LogP contribution in [0.3, 0.4) is 0 Å². The molecule has 2 aromatic rings. The fourth-order valence-corrected chi connectivity index (χ4v) is 4.84. The minimum Gasteiger partial charge on any atom is -0.482 e. The highest BCUT2D eigenvalue weighted by atomic mass is 16.5. The van der Waals surface area contributed by atoms with Crippen LogP contribution in [0, 0.1) is 0 Å². The first-order valence-electron chi connectivity index (χ1n) is 12.1. The van der Waals surface area contributed by atoms with E-state index in [2.05, 4.69) is 0 Å². The predicted molar refractivity (Wildman–Crippen MR) is 133 cm³/mol. The third-order valence-corrected chi connectivity index (χ3v) is 6.59. The number of benzene rings is 1. The first-order chi connectivity index (χ1) is 16.6. The topological polar surface area (TPSA) is 97.1 Å². The molecule has 1 fully saturated rings. The Morgan fingerprint density at radius 1 is 0.886 bits per heavy atom. The summed E-state index contributed by atoms with van der Waals surface area (Å²) in [6.45, 7) is 10.9. The second kappa shape index (κ2) is 9.59. The van der Waals surface area contributed by atoms with Gasteiger partial charge in [0.1, 0.15) is 17.6 Å². The summed E-state index contributed by atoms with van der Waals surface area (Å²) in [7, 11) is 0. The van der Waals surface area contributed by atoms with Crippen molar-refractivity contribution in [3.8, 4) is 5.75 Å². The molecule has 1 atom stereocenters. The SMILES string of the molecule is CC(C(=O)N1CCN(c2cc(=O)n(C(C)C)c(=O)n2C(C)C)CC1)N1C(=O)COc2ccccc21. The molecule has 10 nitrogen and oxygen atoms in total. The molecule has 10 heteroatoms. The van der Waals surface area contributed by atoms with Crippen LogP contribution in [0.2, 0.25) is 0 Å². The summed E-state index contributed by atoms with van der Waals surface area (Å²) in [4.78, 5) is 57.0. The van der Waals surface area contributed by atoms with E-state index in [9.17, 15) is 19.2 Å². The van der Waals surface area contributed by atoms with E-state index in [0.29, 0.717) is 43.4 Å². The smallest absolute Gasteiger partial charge is 0.333 e. The lowest BCUT2D eigenvalue weighted by Gasteiger charge is -2.40. The quantitative estimate of drug-likeness (QED) is 0.641. The van der Waals surface area contributed by atoms with Crippen LogP contribution in [0.15, 0.2) is 39.9 Å². The fourth-order valence-electron chi connectivity index (χ4n) is 4.84. The van der Waals surface area contributed by atoms with Gasteiger partial charge in [-0.25, -0.2) is 4.79 Å². The molecular formula is C25H33N5O5. The van der Waals surface area contributed by atoms with Gasteiger partial charge in [-0.3, -0.25) is 28.4 Å². The van der Waals surface area contributed by atoms with Gasteiger partial charge in [-0.15, -0.1) is 0 Å². The normalized spacial score (nSPS) is 17.0. The second-order valence-electron chi connectivity index (χ2n) is 9.56. The van der Waals surface area contributed by atoms with Crippen LogP contribution in [0.1, 0.15) is 46.7 Å². The van der Waals surface area contributed by atoms with Gasteiger partial charge in [-0.1, -0.05) is 12.1 Å². The number of fused-ring (bicyclic) bond motifs is 1. The number of piperazine rings is 1. The number of ether oxygens (including phenoxy) is 1. The van der Waals surface area contributed by atoms with E-state index >= 15 is 0 Å². The molecule has 188 valence electrons. The Balaban J connectivity index is 1.53. The first kappa shape index (κ1) is 24.6. The molecule has 0 spiro atoms. The fraction of sp³-hybridized carbons (Fsp3) is 0.520. The first-order valence-corrected chi connectivity index (χ1v) is 12.1. The van der Waals surface area contributed by atoms with Gasteiger partial charge < -0.3 is 14.5 Å². The maximum Gasteiger partial charge on any atom is 0.333 e. The van der Waals surface area contributed by atoms with Crippen molar-refractivity contribution in [3.63, 3.8) is 0 Å². The molecule has 0 aliphatic carbocycles. The van der Waals surface area contributed by atoms with E-state index in [1.807, 2.05) is 44.7 Å². The minimum absolute atomic E-state index is 0.100. The van der Waals surface area contributed by atoms with E-state index < -0.39 is 6.04 Å². The summed E-state index contributed by atoms with van der Waals surface area (Å²) in [5.41, 5.74) is -0.0578. The maximum absolute atomic E-state index is 13.4. The molecule has 2 amide bonds. The van der Waals surface area contributed by atoms with Crippen LogP contribution >= 0.6 is 0 Å². The van der Waals surface area contributed by atoms with Crippen LogP contribution in [0.4, 0.5) is 11.5 Å². The van der Waals surface area contributed by atoms with Gasteiger partial charge in [0.15, 0.2) is 6.61 Å². The number of rotatable bonds is 5. The highest BCUT2D eigenvalue weighted by molar-refractivity contribution is 6.03. The predicted octanol–water partition coefficient (Wildman–Crippen LogP) is 1.63. The standard InChI is InChI=1S/C25H33N5O5/c1-16(2)28-21(14-22(31)29(17(3)4)25(28)34)26-10-12-27(13-11-26)24(33)18(5)30-19-8-6-7-9-20(19)35-15-23(30)32/h6-9,14,16-18H,10-13,15H2,1-5H3. The highest BCUT2D eigenvalue weighted by Crippen LogP contribution is 2.33. The molecule has 0 N–H and O–H groups in total. The second-order valence-corrected chi connectivity index (χ2v) is 9.56. The molecule has 3 heterocycles. The Kier molecular flexibility index (Phi) is 6.73. The van der Waals surface area contributed by atoms with Gasteiger partial charge in [-0.05, 0) is 46.8 Å². The molecule has 0 radical (unpaired) electrons. The number of amides is 2. The monoisotopic (exact) mass is 483 g/mol. The zero-order valence-corrected chi connectivity index (χ0v) is 20.9. The molecule has 1 saturated heterocycles. The number of nitrogens with zero attached hydrogens (tertiary/aromatic N) is 5. The maximum atomic E-state index is 13.4. The molecule has 1 unspecified atom stereocenters. The van der Waals surface area contributed by atoms with E-state index in [4.69, 9.17) is 4.74 Å². The third kappa shape index (κ3) is 4.44. The zero-order chi connectivity index (χ0) is 25.4. The van der Waals surface area contributed by atoms with Crippen molar-refractivity contribution in [3.05, 3.63) is 51.2 Å². The molecule has 0 saturated carbocycles. The van der Waals surface area contributed by atoms with Crippen LogP contribution < -0.4 is 25.8 Å². The summed E-state index contributed by atoms with van der Waals surface area (Å²) in [6.07, 6.45) is 0. The van der Waals surface area contributed by atoms with E-state index in [1.54, 1.807) is 28.5 Å². The van der Waals surface area contributed by atoms with Gasteiger partial charge in [0.25, 0.3) is 11.5 Å². The highest BCUT2D eigenvalue weighted by Gasteiger charge is 2.36. The third-order valence-electron chi connectivity index (χ3n) is 6.59. The van der Waals surface area contributed by atoms with Gasteiger partial charge in [0.05, 0.1) is 5.69 Å². The number of hydrogen-bond acceptors (Lipinski definition) is 6. The number of hydrogen-bond donors (Lipinski definition) is 0. The molecule has 1 aromatic carbocycles. The summed E-state index contributed by atoms with van der Waals surface area (Å²) >= 11 is 0. The minimum atomic E-state index is -0.678. The van der Waals surface area contributed by atoms with Gasteiger partial charge >= 0.3 is 5.69 Å². The Morgan fingerprint density at radius 2 is 1.51 bits per heavy atom. The molecular weight excluding hydrogens is 450 g/mol. The lowest BCUT2D eigenvalue weighted by atomic mass is 10.1. The molecule has 1 aromatic heterocycles. The number of carbonyl (C=O) groups is 2. The van der Waals surface area contributed by atoms with Crippen molar-refractivity contribution in [1.82, 2.24) is 14.0 Å². The van der Waals surface area contributed by atoms with Crippen molar-refractivity contribution in [2.75, 3.05) is 42.6 Å².